The number of esters is 2. The molecule has 350 valence electrons. The van der Waals surface area contributed by atoms with E-state index in [0.717, 1.165) is 0 Å². The number of nitrogens with zero attached hydrogens (tertiary/aromatic N) is 3. The number of carbonyl (C=O) groups excluding carboxylic acids is 2. The van der Waals surface area contributed by atoms with Crippen molar-refractivity contribution >= 4 is 11.9 Å². The predicted molar refractivity (Wildman–Crippen MR) is 219 cm³/mol. The lowest BCUT2D eigenvalue weighted by atomic mass is 9.77. The topological polar surface area (TPSA) is 218 Å². The number of likely N-dealkylation sites (N-methyl/N-ethyl adjacent to an activating group) is 2. The SMILES string of the molecule is CCCC(=O)O[C@H]1[C@H](O[C@@H]2[C@@H](C)[C@H](O[C@H]3C[C@@](C)(OC)[C@@H](O[N+](=O)[O-])[C@H](C)O3)[C@@H](C)C(=O)O[C@H](CC)[C@@](C)(O)[C@H](O)[C@@H](C)N(C)C[C@H](C)C[C@@]2(C)O)O[C@H](C)C[C@@H]1N(C)C. The van der Waals surface area contributed by atoms with Crippen molar-refractivity contribution in [2.24, 2.45) is 17.8 Å². The fourth-order valence-corrected chi connectivity index (χ4v) is 9.54. The fourth-order valence-electron chi connectivity index (χ4n) is 9.54. The molecule has 0 aromatic heterocycles. The maximum Gasteiger partial charge on any atom is 0.311 e. The van der Waals surface area contributed by atoms with E-state index in [1.165, 1.54) is 14.0 Å². The van der Waals surface area contributed by atoms with E-state index < -0.39 is 107 Å². The van der Waals surface area contributed by atoms with Crippen LogP contribution in [-0.2, 0) is 47.6 Å². The van der Waals surface area contributed by atoms with Gasteiger partial charge in [-0.25, -0.2) is 0 Å². The van der Waals surface area contributed by atoms with Crippen LogP contribution in [0, 0.1) is 27.9 Å². The van der Waals surface area contributed by atoms with Crippen LogP contribution < -0.4 is 0 Å². The van der Waals surface area contributed by atoms with E-state index in [-0.39, 0.29) is 43.7 Å². The van der Waals surface area contributed by atoms with Crippen LogP contribution in [0.1, 0.15) is 115 Å². The van der Waals surface area contributed by atoms with Crippen LogP contribution in [0.4, 0.5) is 0 Å². The summed E-state index contributed by atoms with van der Waals surface area (Å²) >= 11 is 0. The molecule has 3 saturated heterocycles. The van der Waals surface area contributed by atoms with E-state index in [1.807, 2.05) is 51.7 Å². The number of aliphatic hydroxyl groups excluding tert-OH is 1. The molecule has 18 atom stereocenters. The third-order valence-electron chi connectivity index (χ3n) is 13.1. The van der Waals surface area contributed by atoms with Crippen molar-refractivity contribution in [3.05, 3.63) is 10.1 Å². The Kier molecular flexibility index (Phi) is 18.6. The highest BCUT2D eigenvalue weighted by Crippen LogP contribution is 2.41. The maximum absolute atomic E-state index is 14.4. The molecule has 18 nitrogen and oxygen atoms in total. The standard InChI is InChI=1S/C42H77N3O15/c1-16-18-31(46)57-34-29(43(12)13)19-24(4)54-39(34)59-36-25(5)33(58-32-21-41(10,53-15)37(28(8)55-32)60-45(51)52)26(6)38(48)56-30(17-2)42(11,50)35(47)27(7)44(14)22-23(3)20-40(36,9)49/h23-30,32-37,39,47,49-50H,16-22H2,1-15H3/t23-,24-,25+,26-,27-,28+,29+,30-,32+,33+,34-,35-,36-,37+,39+,40-,41-,42-/m1/s1. The van der Waals surface area contributed by atoms with E-state index >= 15 is 0 Å². The summed E-state index contributed by atoms with van der Waals surface area (Å²) in [5, 5.41) is 46.8. The van der Waals surface area contributed by atoms with Gasteiger partial charge in [0.05, 0.1) is 47.6 Å². The minimum atomic E-state index is -1.86. The van der Waals surface area contributed by atoms with E-state index in [1.54, 1.807) is 48.5 Å². The van der Waals surface area contributed by atoms with Crippen LogP contribution in [0.15, 0.2) is 0 Å². The first kappa shape index (κ1) is 52.1. The predicted octanol–water partition coefficient (Wildman–Crippen LogP) is 3.47. The Morgan fingerprint density at radius 3 is 2.18 bits per heavy atom. The van der Waals surface area contributed by atoms with Crippen molar-refractivity contribution in [2.45, 2.75) is 205 Å². The lowest BCUT2D eigenvalue weighted by molar-refractivity contribution is -0.776. The zero-order valence-electron chi connectivity index (χ0n) is 38.7. The normalized spacial score (nSPS) is 44.3. The number of aliphatic hydroxyl groups is 3. The highest BCUT2D eigenvalue weighted by molar-refractivity contribution is 5.73. The average molecular weight is 864 g/mol. The summed E-state index contributed by atoms with van der Waals surface area (Å²) < 4.78 is 44.3. The Morgan fingerprint density at radius 2 is 1.63 bits per heavy atom. The molecule has 0 aromatic carbocycles. The summed E-state index contributed by atoms with van der Waals surface area (Å²) in [4.78, 5) is 47.9. The molecule has 3 aliphatic heterocycles. The molecule has 0 radical (unpaired) electrons. The van der Waals surface area contributed by atoms with Crippen molar-refractivity contribution < 1.29 is 68.0 Å². The summed E-state index contributed by atoms with van der Waals surface area (Å²) in [5.41, 5.74) is -4.80. The number of cyclic esters (lactones) is 1. The summed E-state index contributed by atoms with van der Waals surface area (Å²) in [6.07, 6.45) is -8.72. The molecule has 0 aliphatic carbocycles. The van der Waals surface area contributed by atoms with Crippen LogP contribution in [0.2, 0.25) is 0 Å². The molecule has 0 unspecified atom stereocenters. The van der Waals surface area contributed by atoms with E-state index in [9.17, 15) is 35.0 Å². The second-order valence-electron chi connectivity index (χ2n) is 18.7. The molecular weight excluding hydrogens is 786 g/mol. The molecule has 0 aromatic rings. The van der Waals surface area contributed by atoms with Crippen molar-refractivity contribution in [2.75, 3.05) is 34.8 Å². The number of rotatable bonds is 12. The monoisotopic (exact) mass is 864 g/mol. The van der Waals surface area contributed by atoms with Gasteiger partial charge in [-0.15, -0.1) is 10.1 Å². The minimum Gasteiger partial charge on any atom is -0.459 e. The number of hydrogen-bond acceptors (Lipinski definition) is 17. The van der Waals surface area contributed by atoms with Crippen LogP contribution in [0.5, 0.6) is 0 Å². The lowest BCUT2D eigenvalue weighted by Gasteiger charge is -2.49. The van der Waals surface area contributed by atoms with Gasteiger partial charge in [-0.1, -0.05) is 27.7 Å². The largest absolute Gasteiger partial charge is 0.459 e. The molecule has 18 heteroatoms. The molecule has 3 rings (SSSR count). The number of methoxy groups -OCH3 is 1. The Hall–Kier alpha value is -2.26. The second kappa shape index (κ2) is 21.4. The third kappa shape index (κ3) is 12.5. The van der Waals surface area contributed by atoms with Gasteiger partial charge in [0, 0.05) is 38.5 Å². The summed E-state index contributed by atoms with van der Waals surface area (Å²) in [7, 11) is 6.99. The van der Waals surface area contributed by atoms with E-state index in [0.29, 0.717) is 19.4 Å². The van der Waals surface area contributed by atoms with Gasteiger partial charge in [-0.2, -0.15) is 0 Å². The summed E-state index contributed by atoms with van der Waals surface area (Å²) in [5.74, 6) is -3.38. The first-order valence-electron chi connectivity index (χ1n) is 21.6. The van der Waals surface area contributed by atoms with Crippen molar-refractivity contribution in [1.29, 1.82) is 0 Å². The minimum absolute atomic E-state index is 0.0534. The third-order valence-corrected chi connectivity index (χ3v) is 13.1. The Balaban J connectivity index is 2.25. The highest BCUT2D eigenvalue weighted by atomic mass is 17.0. The first-order valence-corrected chi connectivity index (χ1v) is 21.6. The number of hydrogen-bond donors (Lipinski definition) is 3. The second-order valence-corrected chi connectivity index (χ2v) is 18.7. The molecule has 0 bridgehead atoms. The van der Waals surface area contributed by atoms with Crippen molar-refractivity contribution in [1.82, 2.24) is 9.80 Å². The lowest BCUT2D eigenvalue weighted by Crippen LogP contribution is -2.61. The van der Waals surface area contributed by atoms with Gasteiger partial charge in [0.15, 0.2) is 24.8 Å². The quantitative estimate of drug-likeness (QED) is 0.145. The van der Waals surface area contributed by atoms with Crippen molar-refractivity contribution in [3.63, 3.8) is 0 Å². The molecule has 3 aliphatic rings. The molecule has 3 fully saturated rings. The number of carbonyl (C=O) groups is 2. The molecule has 60 heavy (non-hydrogen) atoms. The van der Waals surface area contributed by atoms with Gasteiger partial charge in [0.2, 0.25) is 0 Å². The zero-order chi connectivity index (χ0) is 45.7. The zero-order valence-corrected chi connectivity index (χ0v) is 38.7. The van der Waals surface area contributed by atoms with Crippen LogP contribution >= 0.6 is 0 Å². The van der Waals surface area contributed by atoms with Gasteiger partial charge in [0.1, 0.15) is 17.8 Å². The fraction of sp³-hybridized carbons (Fsp3) is 0.952. The highest BCUT2D eigenvalue weighted by Gasteiger charge is 2.54. The Labute approximate surface area is 356 Å². The van der Waals surface area contributed by atoms with Crippen molar-refractivity contribution in [3.8, 4) is 0 Å². The molecule has 0 spiro atoms. The average Bonchev–Trinajstić information content (AvgIpc) is 3.15. The van der Waals surface area contributed by atoms with Crippen LogP contribution in [-0.4, -0.2) is 167 Å². The smallest absolute Gasteiger partial charge is 0.311 e. The van der Waals surface area contributed by atoms with Crippen LogP contribution in [0.3, 0.4) is 0 Å². The van der Waals surface area contributed by atoms with Gasteiger partial charge in [-0.05, 0) is 101 Å². The molecule has 0 amide bonds. The van der Waals surface area contributed by atoms with Crippen LogP contribution in [0.25, 0.3) is 0 Å². The molecule has 3 heterocycles. The van der Waals surface area contributed by atoms with E-state index in [2.05, 4.69) is 0 Å². The van der Waals surface area contributed by atoms with Gasteiger partial charge >= 0.3 is 11.9 Å². The molecule has 0 saturated carbocycles. The van der Waals surface area contributed by atoms with Gasteiger partial charge < -0.3 is 63.1 Å². The van der Waals surface area contributed by atoms with E-state index in [4.69, 9.17) is 38.0 Å². The maximum atomic E-state index is 14.4. The molecule has 3 N–H and O–H groups in total. The molecular formula is C42H77N3O15. The number of ether oxygens (including phenoxy) is 7. The summed E-state index contributed by atoms with van der Waals surface area (Å²) in [6.45, 7) is 19.4. The van der Waals surface area contributed by atoms with Gasteiger partial charge in [0.25, 0.3) is 5.09 Å². The Bertz CT molecular complexity index is 1400. The summed E-state index contributed by atoms with van der Waals surface area (Å²) in [6, 6.07) is -0.896. The Morgan fingerprint density at radius 1 is 1.00 bits per heavy atom. The first-order chi connectivity index (χ1) is 27.7. The van der Waals surface area contributed by atoms with Gasteiger partial charge in [-0.3, -0.25) is 9.59 Å².